The molecule has 0 atom stereocenters. The topological polar surface area (TPSA) is 117 Å². The summed E-state index contributed by atoms with van der Waals surface area (Å²) in [6.45, 7) is 0. The molecule has 0 aliphatic rings. The van der Waals surface area contributed by atoms with Gasteiger partial charge in [-0.15, -0.1) is 0 Å². The molecule has 9 heteroatoms. The minimum atomic E-state index is -0.162. The maximum atomic E-state index is 11.1. The highest BCUT2D eigenvalue weighted by molar-refractivity contribution is 9.10. The summed E-state index contributed by atoms with van der Waals surface area (Å²) >= 11 is 3.14. The van der Waals surface area contributed by atoms with Crippen LogP contribution in [-0.2, 0) is 0 Å². The molecule has 0 aromatic carbocycles. The zero-order valence-corrected chi connectivity index (χ0v) is 15.4. The molecule has 0 aliphatic carbocycles. The Kier molecular flexibility index (Phi) is 5.95. The highest BCUT2D eigenvalue weighted by Gasteiger charge is 2.02. The number of halogens is 1. The average Bonchev–Trinajstić information content (AvgIpc) is 2.72. The van der Waals surface area contributed by atoms with Crippen molar-refractivity contribution in [3.8, 4) is 22.8 Å². The van der Waals surface area contributed by atoms with Crippen LogP contribution in [0.2, 0.25) is 0 Å². The number of nitrogens with one attached hydrogen (secondary N) is 2. The maximum Gasteiger partial charge on any atom is 0.262 e. The summed E-state index contributed by atoms with van der Waals surface area (Å²) in [7, 11) is 0. The molecule has 0 bridgehead atoms. The second-order valence-electron chi connectivity index (χ2n) is 5.15. The standard InChI is InChI=1S/C9H6BrN3O.C9H7N3O/c10-7-4-6(5-13-9(7)14)8-11-2-1-3-12-8;13-8-3-2-7(6-12-8)9-10-4-1-5-11-9/h1-5H,(H,13,14);1-6H,(H,12,13). The molecule has 0 unspecified atom stereocenters. The predicted octanol–water partition coefficient (Wildman–Crippen LogP) is 2.43. The molecule has 0 amide bonds. The van der Waals surface area contributed by atoms with Gasteiger partial charge in [-0.1, -0.05) is 0 Å². The largest absolute Gasteiger partial charge is 0.328 e. The molecule has 134 valence electrons. The van der Waals surface area contributed by atoms with Gasteiger partial charge in [-0.05, 0) is 40.2 Å². The van der Waals surface area contributed by atoms with Gasteiger partial charge in [-0.3, -0.25) is 9.59 Å². The van der Waals surface area contributed by atoms with E-state index in [1.807, 2.05) is 0 Å². The molecular formula is C18H13BrN6O2. The number of aromatic amines is 2. The minimum Gasteiger partial charge on any atom is -0.328 e. The van der Waals surface area contributed by atoms with E-state index in [0.717, 1.165) is 11.1 Å². The quantitative estimate of drug-likeness (QED) is 0.510. The van der Waals surface area contributed by atoms with Gasteiger partial charge in [0.05, 0.1) is 4.47 Å². The van der Waals surface area contributed by atoms with Crippen molar-refractivity contribution in [1.29, 1.82) is 0 Å². The van der Waals surface area contributed by atoms with Crippen molar-refractivity contribution in [2.75, 3.05) is 0 Å². The van der Waals surface area contributed by atoms with Crippen molar-refractivity contribution in [2.24, 2.45) is 0 Å². The number of rotatable bonds is 2. The Hall–Kier alpha value is -3.46. The lowest BCUT2D eigenvalue weighted by molar-refractivity contribution is 1.14. The predicted molar refractivity (Wildman–Crippen MR) is 104 cm³/mol. The van der Waals surface area contributed by atoms with E-state index in [-0.39, 0.29) is 11.1 Å². The van der Waals surface area contributed by atoms with Crippen LogP contribution in [0.5, 0.6) is 0 Å². The number of pyridine rings is 2. The minimum absolute atomic E-state index is 0.125. The van der Waals surface area contributed by atoms with Gasteiger partial charge < -0.3 is 9.97 Å². The lowest BCUT2D eigenvalue weighted by Gasteiger charge is -1.98. The monoisotopic (exact) mass is 424 g/mol. The molecule has 2 N–H and O–H groups in total. The molecule has 0 aliphatic heterocycles. The van der Waals surface area contributed by atoms with Crippen molar-refractivity contribution >= 4 is 15.9 Å². The van der Waals surface area contributed by atoms with E-state index in [1.165, 1.54) is 6.07 Å². The highest BCUT2D eigenvalue weighted by Crippen LogP contribution is 2.14. The third kappa shape index (κ3) is 5.02. The van der Waals surface area contributed by atoms with E-state index >= 15 is 0 Å². The first-order chi connectivity index (χ1) is 13.1. The Balaban J connectivity index is 0.000000156. The molecule has 4 heterocycles. The smallest absolute Gasteiger partial charge is 0.262 e. The van der Waals surface area contributed by atoms with Gasteiger partial charge in [0, 0.05) is 54.4 Å². The normalized spacial score (nSPS) is 9.96. The fourth-order valence-corrected chi connectivity index (χ4v) is 2.39. The molecule has 0 saturated heterocycles. The summed E-state index contributed by atoms with van der Waals surface area (Å²) in [6, 6.07) is 8.31. The summed E-state index contributed by atoms with van der Waals surface area (Å²) in [6.07, 6.45) is 9.81. The molecule has 4 aromatic rings. The highest BCUT2D eigenvalue weighted by atomic mass is 79.9. The van der Waals surface area contributed by atoms with Crippen molar-refractivity contribution < 1.29 is 0 Å². The van der Waals surface area contributed by atoms with Crippen LogP contribution in [0.1, 0.15) is 0 Å². The Labute approximate surface area is 161 Å². The number of hydrogen-bond donors (Lipinski definition) is 2. The van der Waals surface area contributed by atoms with Crippen LogP contribution in [-0.4, -0.2) is 29.9 Å². The number of hydrogen-bond acceptors (Lipinski definition) is 6. The third-order valence-corrected chi connectivity index (χ3v) is 3.88. The molecule has 8 nitrogen and oxygen atoms in total. The van der Waals surface area contributed by atoms with E-state index in [0.29, 0.717) is 16.1 Å². The van der Waals surface area contributed by atoms with Crippen LogP contribution in [0, 0.1) is 0 Å². The average molecular weight is 425 g/mol. The third-order valence-electron chi connectivity index (χ3n) is 3.29. The van der Waals surface area contributed by atoms with E-state index in [9.17, 15) is 9.59 Å². The molecule has 0 spiro atoms. The van der Waals surface area contributed by atoms with Gasteiger partial charge in [-0.2, -0.15) is 0 Å². The lowest BCUT2D eigenvalue weighted by atomic mass is 10.3. The van der Waals surface area contributed by atoms with Crippen molar-refractivity contribution in [3.63, 3.8) is 0 Å². The zero-order chi connectivity index (χ0) is 19.1. The Morgan fingerprint density at radius 2 is 1.30 bits per heavy atom. The molecule has 0 radical (unpaired) electrons. The summed E-state index contributed by atoms with van der Waals surface area (Å²) in [5.74, 6) is 1.20. The van der Waals surface area contributed by atoms with Gasteiger partial charge in [0.1, 0.15) is 0 Å². The van der Waals surface area contributed by atoms with Crippen LogP contribution >= 0.6 is 15.9 Å². The first-order valence-electron chi connectivity index (χ1n) is 7.75. The van der Waals surface area contributed by atoms with Crippen molar-refractivity contribution in [2.45, 2.75) is 0 Å². The maximum absolute atomic E-state index is 11.1. The summed E-state index contributed by atoms with van der Waals surface area (Å²) in [5.41, 5.74) is 1.29. The van der Waals surface area contributed by atoms with Gasteiger partial charge in [-0.25, -0.2) is 19.9 Å². The first kappa shape index (κ1) is 18.3. The van der Waals surface area contributed by atoms with E-state index < -0.39 is 0 Å². The van der Waals surface area contributed by atoms with Gasteiger partial charge in [0.25, 0.3) is 5.56 Å². The molecule has 4 rings (SSSR count). The van der Waals surface area contributed by atoms with Crippen LogP contribution < -0.4 is 11.1 Å². The number of nitrogens with zero attached hydrogens (tertiary/aromatic N) is 4. The molecule has 27 heavy (non-hydrogen) atoms. The van der Waals surface area contributed by atoms with E-state index in [4.69, 9.17) is 0 Å². The zero-order valence-electron chi connectivity index (χ0n) is 13.8. The molecule has 4 aromatic heterocycles. The fraction of sp³-hybridized carbons (Fsp3) is 0. The van der Waals surface area contributed by atoms with Gasteiger partial charge in [0.2, 0.25) is 5.56 Å². The second-order valence-corrected chi connectivity index (χ2v) is 6.01. The molecule has 0 fully saturated rings. The van der Waals surface area contributed by atoms with Gasteiger partial charge in [0.15, 0.2) is 11.6 Å². The van der Waals surface area contributed by atoms with Crippen molar-refractivity contribution in [3.05, 3.63) is 92.7 Å². The van der Waals surface area contributed by atoms with Crippen LogP contribution in [0.4, 0.5) is 0 Å². The Bertz CT molecular complexity index is 1110. The van der Waals surface area contributed by atoms with Crippen molar-refractivity contribution in [1.82, 2.24) is 29.9 Å². The Morgan fingerprint density at radius 1 is 0.741 bits per heavy atom. The lowest BCUT2D eigenvalue weighted by Crippen LogP contribution is -2.05. The van der Waals surface area contributed by atoms with E-state index in [1.54, 1.807) is 61.4 Å². The number of aromatic nitrogens is 6. The molecular weight excluding hydrogens is 412 g/mol. The van der Waals surface area contributed by atoms with Crippen LogP contribution in [0.25, 0.3) is 22.8 Å². The summed E-state index contributed by atoms with van der Waals surface area (Å²) < 4.78 is 0.474. The fourth-order valence-electron chi connectivity index (χ4n) is 2.03. The SMILES string of the molecule is O=c1[nH]cc(-c2ncccn2)cc1Br.O=c1ccc(-c2ncccn2)c[nH]1. The summed E-state index contributed by atoms with van der Waals surface area (Å²) in [5, 5.41) is 0. The number of H-pyrrole nitrogens is 2. The van der Waals surface area contributed by atoms with Crippen LogP contribution in [0.3, 0.4) is 0 Å². The Morgan fingerprint density at radius 3 is 1.81 bits per heavy atom. The summed E-state index contributed by atoms with van der Waals surface area (Å²) in [4.78, 5) is 43.2. The first-order valence-corrected chi connectivity index (χ1v) is 8.54. The van der Waals surface area contributed by atoms with Gasteiger partial charge >= 0.3 is 0 Å². The van der Waals surface area contributed by atoms with E-state index in [2.05, 4.69) is 45.8 Å². The van der Waals surface area contributed by atoms with Crippen LogP contribution in [0.15, 0.2) is 81.6 Å². The second kappa shape index (κ2) is 8.77. The molecule has 0 saturated carbocycles.